The fourth-order valence-corrected chi connectivity index (χ4v) is 1.79. The van der Waals surface area contributed by atoms with Crippen LogP contribution in [0, 0.1) is 0 Å². The van der Waals surface area contributed by atoms with Crippen LogP contribution in [0.25, 0.3) is 0 Å². The Hall–Kier alpha value is -2.82. The van der Waals surface area contributed by atoms with E-state index in [2.05, 4.69) is 20.5 Å². The van der Waals surface area contributed by atoms with Gasteiger partial charge in [-0.15, -0.1) is 15.3 Å². The molecule has 1 aromatic heterocycles. The van der Waals surface area contributed by atoms with Crippen LogP contribution < -0.4 is 0 Å². The minimum atomic E-state index is 0.504. The number of nitrogens with zero attached hydrogens (tertiary/aromatic N) is 5. The molecule has 0 aliphatic carbocycles. The second-order valence-corrected chi connectivity index (χ2v) is 4.30. The van der Waals surface area contributed by atoms with Crippen LogP contribution in [0.3, 0.4) is 0 Å². The Balaban J connectivity index is 1.70. The van der Waals surface area contributed by atoms with E-state index in [0.717, 1.165) is 5.69 Å². The summed E-state index contributed by atoms with van der Waals surface area (Å²) in [6, 6.07) is 19.6. The standard InChI is InChI=1S/C15H13N5/c1-3-7-13(8-4-1)11-20-12-15(18-19-20)17-16-14-9-5-2-6-10-14/h1-10,12H,11H2. The summed E-state index contributed by atoms with van der Waals surface area (Å²) < 4.78 is 1.74. The Morgan fingerprint density at radius 2 is 1.55 bits per heavy atom. The predicted octanol–water partition coefficient (Wildman–Crippen LogP) is 3.74. The number of hydrogen-bond donors (Lipinski definition) is 0. The van der Waals surface area contributed by atoms with Crippen molar-refractivity contribution in [2.24, 2.45) is 10.2 Å². The van der Waals surface area contributed by atoms with E-state index in [1.165, 1.54) is 5.56 Å². The van der Waals surface area contributed by atoms with E-state index in [0.29, 0.717) is 12.4 Å². The van der Waals surface area contributed by atoms with Crippen LogP contribution in [0.5, 0.6) is 0 Å². The lowest BCUT2D eigenvalue weighted by Gasteiger charge is -1.98. The number of aromatic nitrogens is 3. The smallest absolute Gasteiger partial charge is 0.215 e. The van der Waals surface area contributed by atoms with E-state index in [4.69, 9.17) is 0 Å². The number of azo groups is 1. The first-order chi connectivity index (χ1) is 9.90. The molecule has 1 heterocycles. The second kappa shape index (κ2) is 5.88. The molecule has 0 unspecified atom stereocenters. The fourth-order valence-electron chi connectivity index (χ4n) is 1.79. The SMILES string of the molecule is c1ccc(Cn2cc(N=Nc3ccccc3)nn2)cc1. The minimum absolute atomic E-state index is 0.504. The molecule has 2 aromatic carbocycles. The molecule has 0 saturated carbocycles. The Morgan fingerprint density at radius 3 is 2.30 bits per heavy atom. The molecule has 0 radical (unpaired) electrons. The summed E-state index contributed by atoms with van der Waals surface area (Å²) in [5, 5.41) is 16.2. The predicted molar refractivity (Wildman–Crippen MR) is 76.2 cm³/mol. The van der Waals surface area contributed by atoms with Gasteiger partial charge in [0.2, 0.25) is 5.82 Å². The van der Waals surface area contributed by atoms with Crippen molar-refractivity contribution in [2.75, 3.05) is 0 Å². The molecule has 0 saturated heterocycles. The van der Waals surface area contributed by atoms with Crippen LogP contribution in [0.1, 0.15) is 5.56 Å². The van der Waals surface area contributed by atoms with Crippen LogP contribution in [0.15, 0.2) is 77.1 Å². The van der Waals surface area contributed by atoms with Gasteiger partial charge in [-0.1, -0.05) is 53.7 Å². The molecular formula is C15H13N5. The lowest BCUT2D eigenvalue weighted by Crippen LogP contribution is -1.99. The molecule has 0 fully saturated rings. The van der Waals surface area contributed by atoms with Gasteiger partial charge in [0.25, 0.3) is 0 Å². The highest BCUT2D eigenvalue weighted by atomic mass is 15.4. The van der Waals surface area contributed by atoms with Gasteiger partial charge in [0.15, 0.2) is 0 Å². The first-order valence-corrected chi connectivity index (χ1v) is 6.31. The molecule has 98 valence electrons. The maximum absolute atomic E-state index is 4.11. The van der Waals surface area contributed by atoms with Gasteiger partial charge in [-0.2, -0.15) is 0 Å². The van der Waals surface area contributed by atoms with Crippen molar-refractivity contribution in [2.45, 2.75) is 6.54 Å². The molecule has 0 N–H and O–H groups in total. The Morgan fingerprint density at radius 1 is 0.850 bits per heavy atom. The molecule has 20 heavy (non-hydrogen) atoms. The van der Waals surface area contributed by atoms with Gasteiger partial charge in [-0.3, -0.25) is 0 Å². The first kappa shape index (κ1) is 12.2. The van der Waals surface area contributed by atoms with Gasteiger partial charge >= 0.3 is 0 Å². The average Bonchev–Trinajstić information content (AvgIpc) is 2.95. The van der Waals surface area contributed by atoms with Gasteiger partial charge < -0.3 is 0 Å². The third-order valence-electron chi connectivity index (χ3n) is 2.74. The van der Waals surface area contributed by atoms with E-state index in [9.17, 15) is 0 Å². The lowest BCUT2D eigenvalue weighted by atomic mass is 10.2. The third-order valence-corrected chi connectivity index (χ3v) is 2.74. The van der Waals surface area contributed by atoms with Crippen LogP contribution >= 0.6 is 0 Å². The number of benzene rings is 2. The van der Waals surface area contributed by atoms with E-state index >= 15 is 0 Å². The summed E-state index contributed by atoms with van der Waals surface area (Å²) in [4.78, 5) is 0. The molecule has 0 spiro atoms. The van der Waals surface area contributed by atoms with Crippen molar-refractivity contribution in [3.05, 3.63) is 72.4 Å². The van der Waals surface area contributed by atoms with Crippen molar-refractivity contribution in [1.82, 2.24) is 15.0 Å². The monoisotopic (exact) mass is 263 g/mol. The Labute approximate surface area is 116 Å². The molecule has 3 aromatic rings. The summed E-state index contributed by atoms with van der Waals surface area (Å²) in [6.45, 7) is 0.675. The minimum Gasteiger partial charge on any atom is -0.246 e. The zero-order valence-electron chi connectivity index (χ0n) is 10.8. The lowest BCUT2D eigenvalue weighted by molar-refractivity contribution is 0.650. The second-order valence-electron chi connectivity index (χ2n) is 4.30. The number of hydrogen-bond acceptors (Lipinski definition) is 4. The molecule has 5 nitrogen and oxygen atoms in total. The van der Waals surface area contributed by atoms with Crippen molar-refractivity contribution < 1.29 is 0 Å². The third kappa shape index (κ3) is 3.14. The molecular weight excluding hydrogens is 250 g/mol. The molecule has 3 rings (SSSR count). The van der Waals surface area contributed by atoms with Crippen LogP contribution in [-0.4, -0.2) is 15.0 Å². The highest BCUT2D eigenvalue weighted by Crippen LogP contribution is 2.15. The summed E-state index contributed by atoms with van der Waals surface area (Å²) in [5.74, 6) is 0.504. The highest BCUT2D eigenvalue weighted by molar-refractivity contribution is 5.35. The molecule has 0 amide bonds. The van der Waals surface area contributed by atoms with Crippen LogP contribution in [0.4, 0.5) is 11.5 Å². The number of rotatable bonds is 4. The summed E-state index contributed by atoms with van der Waals surface area (Å²) in [6.07, 6.45) is 1.78. The van der Waals surface area contributed by atoms with E-state index in [1.807, 2.05) is 60.7 Å². The normalized spacial score (nSPS) is 11.0. The van der Waals surface area contributed by atoms with Crippen molar-refractivity contribution in [1.29, 1.82) is 0 Å². The fraction of sp³-hybridized carbons (Fsp3) is 0.0667. The van der Waals surface area contributed by atoms with Gasteiger partial charge in [-0.25, -0.2) is 4.68 Å². The van der Waals surface area contributed by atoms with Crippen molar-refractivity contribution in [3.63, 3.8) is 0 Å². The molecule has 0 aliphatic rings. The van der Waals surface area contributed by atoms with Gasteiger partial charge in [0.1, 0.15) is 0 Å². The average molecular weight is 263 g/mol. The topological polar surface area (TPSA) is 55.4 Å². The van der Waals surface area contributed by atoms with E-state index < -0.39 is 0 Å². The molecule has 5 heteroatoms. The Kier molecular flexibility index (Phi) is 3.59. The van der Waals surface area contributed by atoms with Crippen LogP contribution in [-0.2, 0) is 6.54 Å². The summed E-state index contributed by atoms with van der Waals surface area (Å²) >= 11 is 0. The maximum Gasteiger partial charge on any atom is 0.215 e. The summed E-state index contributed by atoms with van der Waals surface area (Å²) in [5.41, 5.74) is 1.97. The Bertz CT molecular complexity index is 689. The van der Waals surface area contributed by atoms with Gasteiger partial charge in [-0.05, 0) is 17.7 Å². The summed E-state index contributed by atoms with van der Waals surface area (Å²) in [7, 11) is 0. The first-order valence-electron chi connectivity index (χ1n) is 6.31. The zero-order valence-corrected chi connectivity index (χ0v) is 10.8. The zero-order chi connectivity index (χ0) is 13.6. The maximum atomic E-state index is 4.11. The van der Waals surface area contributed by atoms with E-state index in [-0.39, 0.29) is 0 Å². The molecule has 0 aliphatic heterocycles. The van der Waals surface area contributed by atoms with Crippen molar-refractivity contribution >= 4 is 11.5 Å². The van der Waals surface area contributed by atoms with Crippen molar-refractivity contribution in [3.8, 4) is 0 Å². The molecule has 0 atom stereocenters. The van der Waals surface area contributed by atoms with E-state index in [1.54, 1.807) is 10.9 Å². The van der Waals surface area contributed by atoms with Gasteiger partial charge in [0.05, 0.1) is 18.4 Å². The highest BCUT2D eigenvalue weighted by Gasteiger charge is 2.00. The van der Waals surface area contributed by atoms with Crippen LogP contribution in [0.2, 0.25) is 0 Å². The largest absolute Gasteiger partial charge is 0.246 e. The van der Waals surface area contributed by atoms with Gasteiger partial charge in [0, 0.05) is 0 Å². The molecule has 0 bridgehead atoms. The quantitative estimate of drug-likeness (QED) is 0.673.